The van der Waals surface area contributed by atoms with Gasteiger partial charge in [-0.3, -0.25) is 4.68 Å². The topological polar surface area (TPSA) is 27.1 Å². The molecule has 3 nitrogen and oxygen atoms in total. The molecule has 0 spiro atoms. The van der Waals surface area contributed by atoms with E-state index < -0.39 is 0 Å². The second kappa shape index (κ2) is 6.22. The number of benzene rings is 1. The summed E-state index contributed by atoms with van der Waals surface area (Å²) in [6, 6.07) is 5.93. The van der Waals surface area contributed by atoms with Crippen molar-refractivity contribution in [2.24, 2.45) is 0 Å². The monoisotopic (exact) mass is 278 g/mol. The molecule has 1 aromatic heterocycles. The number of aryl methyl sites for hydroxylation is 2. The highest BCUT2D eigenvalue weighted by atomic mass is 35.5. The van der Waals surface area contributed by atoms with E-state index in [2.05, 4.69) is 25.1 Å². The molecule has 0 amide bonds. The molecular formula is C15H19ClN2O. The van der Waals surface area contributed by atoms with E-state index in [-0.39, 0.29) is 0 Å². The highest BCUT2D eigenvalue weighted by molar-refractivity contribution is 6.30. The first kappa shape index (κ1) is 14.1. The fourth-order valence-electron chi connectivity index (χ4n) is 2.10. The Bertz CT molecular complexity index is 563. The fourth-order valence-corrected chi connectivity index (χ4v) is 2.27. The molecule has 0 bridgehead atoms. The Morgan fingerprint density at radius 3 is 2.84 bits per heavy atom. The molecule has 0 saturated heterocycles. The molecule has 0 aliphatic heterocycles. The van der Waals surface area contributed by atoms with E-state index in [4.69, 9.17) is 16.3 Å². The summed E-state index contributed by atoms with van der Waals surface area (Å²) in [7, 11) is 1.70. The van der Waals surface area contributed by atoms with Crippen LogP contribution in [-0.4, -0.2) is 23.5 Å². The second-order valence-electron chi connectivity index (χ2n) is 4.57. The van der Waals surface area contributed by atoms with Crippen LogP contribution in [0.3, 0.4) is 0 Å². The minimum Gasteiger partial charge on any atom is -0.383 e. The summed E-state index contributed by atoms with van der Waals surface area (Å²) in [5.74, 6) is 0. The van der Waals surface area contributed by atoms with E-state index >= 15 is 0 Å². The van der Waals surface area contributed by atoms with Crippen molar-refractivity contribution in [2.75, 3.05) is 13.7 Å². The number of ether oxygens (including phenoxy) is 1. The molecule has 1 heterocycles. The first-order chi connectivity index (χ1) is 9.15. The van der Waals surface area contributed by atoms with Gasteiger partial charge in [0, 0.05) is 23.9 Å². The largest absolute Gasteiger partial charge is 0.383 e. The Labute approximate surface area is 119 Å². The minimum absolute atomic E-state index is 0.665. The minimum atomic E-state index is 0.665. The Morgan fingerprint density at radius 1 is 1.37 bits per heavy atom. The fraction of sp³-hybridized carbons (Fsp3) is 0.400. The Morgan fingerprint density at radius 2 is 2.16 bits per heavy atom. The number of aromatic nitrogens is 2. The van der Waals surface area contributed by atoms with Crippen molar-refractivity contribution in [3.05, 3.63) is 40.5 Å². The van der Waals surface area contributed by atoms with Gasteiger partial charge in [0.25, 0.3) is 0 Å². The van der Waals surface area contributed by atoms with Crippen LogP contribution >= 0.6 is 11.6 Å². The van der Waals surface area contributed by atoms with Gasteiger partial charge in [-0.1, -0.05) is 24.6 Å². The third-order valence-corrected chi connectivity index (χ3v) is 3.43. The van der Waals surface area contributed by atoms with Crippen LogP contribution < -0.4 is 0 Å². The van der Waals surface area contributed by atoms with E-state index in [1.165, 1.54) is 11.1 Å². The Kier molecular flexibility index (Phi) is 4.61. The quantitative estimate of drug-likeness (QED) is 0.833. The molecule has 0 aliphatic carbocycles. The molecule has 0 N–H and O–H groups in total. The average molecular weight is 279 g/mol. The van der Waals surface area contributed by atoms with Crippen LogP contribution in [0.4, 0.5) is 0 Å². The van der Waals surface area contributed by atoms with Crippen molar-refractivity contribution >= 4 is 11.6 Å². The van der Waals surface area contributed by atoms with Gasteiger partial charge in [-0.2, -0.15) is 5.10 Å². The molecule has 102 valence electrons. The van der Waals surface area contributed by atoms with E-state index in [9.17, 15) is 0 Å². The maximum atomic E-state index is 6.10. The molecule has 0 radical (unpaired) electrons. The number of hydrogen-bond donors (Lipinski definition) is 0. The van der Waals surface area contributed by atoms with Gasteiger partial charge >= 0.3 is 0 Å². The molecule has 4 heteroatoms. The molecular weight excluding hydrogens is 260 g/mol. The van der Waals surface area contributed by atoms with Gasteiger partial charge in [-0.15, -0.1) is 0 Å². The highest BCUT2D eigenvalue weighted by Gasteiger charge is 2.12. The number of nitrogens with zero attached hydrogens (tertiary/aromatic N) is 2. The molecule has 1 aromatic carbocycles. The molecule has 2 aromatic rings. The van der Waals surface area contributed by atoms with Gasteiger partial charge in [0.15, 0.2) is 0 Å². The molecule has 2 rings (SSSR count). The van der Waals surface area contributed by atoms with Crippen LogP contribution in [0.1, 0.15) is 18.1 Å². The smallest absolute Gasteiger partial charge is 0.0958 e. The van der Waals surface area contributed by atoms with Crippen LogP contribution in [-0.2, 0) is 17.7 Å². The molecule has 0 unspecified atom stereocenters. The lowest BCUT2D eigenvalue weighted by atomic mass is 10.0. The second-order valence-corrected chi connectivity index (χ2v) is 5.01. The summed E-state index contributed by atoms with van der Waals surface area (Å²) >= 11 is 6.10. The third kappa shape index (κ3) is 3.17. The summed E-state index contributed by atoms with van der Waals surface area (Å²) in [5, 5.41) is 5.41. The lowest BCUT2D eigenvalue weighted by Crippen LogP contribution is -2.04. The van der Waals surface area contributed by atoms with Gasteiger partial charge in [-0.25, -0.2) is 0 Å². The normalized spacial score (nSPS) is 10.9. The molecule has 0 atom stereocenters. The van der Waals surface area contributed by atoms with Crippen LogP contribution in [0.15, 0.2) is 24.4 Å². The molecule has 0 saturated carbocycles. The van der Waals surface area contributed by atoms with E-state index in [1.807, 2.05) is 22.9 Å². The zero-order valence-corrected chi connectivity index (χ0v) is 12.4. The van der Waals surface area contributed by atoms with Crippen molar-refractivity contribution in [2.45, 2.75) is 26.8 Å². The highest BCUT2D eigenvalue weighted by Crippen LogP contribution is 2.28. The maximum absolute atomic E-state index is 6.10. The van der Waals surface area contributed by atoms with Gasteiger partial charge in [0.2, 0.25) is 0 Å². The van der Waals surface area contributed by atoms with Gasteiger partial charge in [0.1, 0.15) is 0 Å². The summed E-state index contributed by atoms with van der Waals surface area (Å²) in [5.41, 5.74) is 4.57. The Balaban J connectivity index is 2.42. The first-order valence-electron chi connectivity index (χ1n) is 6.47. The van der Waals surface area contributed by atoms with Crippen LogP contribution in [0.5, 0.6) is 0 Å². The summed E-state index contributed by atoms with van der Waals surface area (Å²) in [4.78, 5) is 0. The maximum Gasteiger partial charge on any atom is 0.0958 e. The number of rotatable bonds is 5. The van der Waals surface area contributed by atoms with Crippen molar-refractivity contribution in [3.8, 4) is 11.3 Å². The summed E-state index contributed by atoms with van der Waals surface area (Å²) in [6.45, 7) is 5.66. The van der Waals surface area contributed by atoms with Crippen molar-refractivity contribution in [3.63, 3.8) is 0 Å². The van der Waals surface area contributed by atoms with Crippen molar-refractivity contribution < 1.29 is 4.74 Å². The van der Waals surface area contributed by atoms with E-state index in [0.29, 0.717) is 6.61 Å². The number of halogens is 1. The molecule has 19 heavy (non-hydrogen) atoms. The molecule has 0 fully saturated rings. The Hall–Kier alpha value is -1.32. The van der Waals surface area contributed by atoms with Gasteiger partial charge in [0.05, 0.1) is 18.8 Å². The van der Waals surface area contributed by atoms with Crippen molar-refractivity contribution in [1.29, 1.82) is 0 Å². The lowest BCUT2D eigenvalue weighted by Gasteiger charge is -2.05. The SMILES string of the molecule is CCc1cn(CCOC)nc1-c1cc(Cl)ccc1C. The molecule has 0 aliphatic rings. The number of hydrogen-bond acceptors (Lipinski definition) is 2. The van der Waals surface area contributed by atoms with Crippen LogP contribution in [0, 0.1) is 6.92 Å². The lowest BCUT2D eigenvalue weighted by molar-refractivity contribution is 0.183. The zero-order chi connectivity index (χ0) is 13.8. The predicted octanol–water partition coefficient (Wildman–Crippen LogP) is 3.72. The van der Waals surface area contributed by atoms with Crippen molar-refractivity contribution in [1.82, 2.24) is 9.78 Å². The first-order valence-corrected chi connectivity index (χ1v) is 6.85. The van der Waals surface area contributed by atoms with Crippen LogP contribution in [0.2, 0.25) is 5.02 Å². The third-order valence-electron chi connectivity index (χ3n) is 3.20. The summed E-state index contributed by atoms with van der Waals surface area (Å²) < 4.78 is 7.04. The van der Waals surface area contributed by atoms with Gasteiger partial charge < -0.3 is 4.74 Å². The zero-order valence-electron chi connectivity index (χ0n) is 11.6. The number of methoxy groups -OCH3 is 1. The predicted molar refractivity (Wildman–Crippen MR) is 78.7 cm³/mol. The van der Waals surface area contributed by atoms with E-state index in [0.717, 1.165) is 29.2 Å². The standard InChI is InChI=1S/C15H19ClN2O/c1-4-12-10-18(7-8-19-3)17-15(12)14-9-13(16)6-5-11(14)2/h5-6,9-10H,4,7-8H2,1-3H3. The summed E-state index contributed by atoms with van der Waals surface area (Å²) in [6.07, 6.45) is 3.04. The van der Waals surface area contributed by atoms with Gasteiger partial charge in [-0.05, 0) is 36.6 Å². The average Bonchev–Trinajstić information content (AvgIpc) is 2.82. The van der Waals surface area contributed by atoms with E-state index in [1.54, 1.807) is 7.11 Å². The van der Waals surface area contributed by atoms with Crippen LogP contribution in [0.25, 0.3) is 11.3 Å².